The van der Waals surface area contributed by atoms with Gasteiger partial charge in [-0.3, -0.25) is 0 Å². The van der Waals surface area contributed by atoms with Gasteiger partial charge in [0.2, 0.25) is 0 Å². The molecule has 2 aromatic rings. The lowest BCUT2D eigenvalue weighted by molar-refractivity contribution is -0.115. The average Bonchev–Trinajstić information content (AvgIpc) is 3.05. The number of phenols is 1. The van der Waals surface area contributed by atoms with Crippen molar-refractivity contribution in [1.82, 2.24) is 15.4 Å². The van der Waals surface area contributed by atoms with Crippen LogP contribution >= 0.6 is 0 Å². The summed E-state index contributed by atoms with van der Waals surface area (Å²) >= 11 is 0. The summed E-state index contributed by atoms with van der Waals surface area (Å²) in [6, 6.07) is 9.20. The Hall–Kier alpha value is -1.93. The fraction of sp³-hybridized carbons (Fsp3) is 0.550. The molecule has 1 aliphatic heterocycles. The molecule has 3 atom stereocenters. The number of aliphatic hydroxyl groups is 1. The Labute approximate surface area is 159 Å². The topological polar surface area (TPSA) is 91.0 Å². The smallest absolute Gasteiger partial charge is 0.150 e. The van der Waals surface area contributed by atoms with Crippen LogP contribution in [0.5, 0.6) is 5.75 Å². The van der Waals surface area contributed by atoms with E-state index in [-0.39, 0.29) is 18.0 Å². The van der Waals surface area contributed by atoms with Crippen LogP contribution in [0.2, 0.25) is 0 Å². The lowest BCUT2D eigenvalue weighted by Crippen LogP contribution is -2.45. The second kappa shape index (κ2) is 9.32. The minimum Gasteiger partial charge on any atom is -0.508 e. The van der Waals surface area contributed by atoms with Gasteiger partial charge < -0.3 is 29.7 Å². The SMILES string of the molecule is CN(C)Cc1cc(C[C@@H]2CC[C@H](O)[C@@H](CNCc3ccccc3O)O2)no1. The van der Waals surface area contributed by atoms with Crippen LogP contribution in [0.15, 0.2) is 34.9 Å². The van der Waals surface area contributed by atoms with E-state index < -0.39 is 6.10 Å². The molecule has 3 rings (SSSR count). The summed E-state index contributed by atoms with van der Waals surface area (Å²) in [4.78, 5) is 2.03. The third kappa shape index (κ3) is 5.77. The summed E-state index contributed by atoms with van der Waals surface area (Å²) in [5.74, 6) is 1.11. The largest absolute Gasteiger partial charge is 0.508 e. The van der Waals surface area contributed by atoms with Gasteiger partial charge in [-0.1, -0.05) is 23.4 Å². The molecule has 1 fully saturated rings. The second-order valence-corrected chi connectivity index (χ2v) is 7.43. The monoisotopic (exact) mass is 375 g/mol. The number of aromatic nitrogens is 1. The number of para-hydroxylation sites is 1. The van der Waals surface area contributed by atoms with E-state index in [9.17, 15) is 10.2 Å². The van der Waals surface area contributed by atoms with Crippen LogP contribution in [0.25, 0.3) is 0 Å². The highest BCUT2D eigenvalue weighted by molar-refractivity contribution is 5.31. The lowest BCUT2D eigenvalue weighted by Gasteiger charge is -2.34. The average molecular weight is 375 g/mol. The zero-order valence-corrected chi connectivity index (χ0v) is 16.0. The first kappa shape index (κ1) is 19.8. The maximum Gasteiger partial charge on any atom is 0.150 e. The maximum absolute atomic E-state index is 10.3. The van der Waals surface area contributed by atoms with Crippen molar-refractivity contribution in [3.63, 3.8) is 0 Å². The number of phenolic OH excluding ortho intramolecular Hbond substituents is 1. The molecule has 148 valence electrons. The van der Waals surface area contributed by atoms with E-state index in [1.54, 1.807) is 12.1 Å². The Morgan fingerprint density at radius 1 is 1.26 bits per heavy atom. The molecule has 1 aromatic carbocycles. The van der Waals surface area contributed by atoms with Gasteiger partial charge in [-0.15, -0.1) is 0 Å². The number of hydrogen-bond acceptors (Lipinski definition) is 7. The van der Waals surface area contributed by atoms with Crippen molar-refractivity contribution in [1.29, 1.82) is 0 Å². The molecule has 27 heavy (non-hydrogen) atoms. The predicted molar refractivity (Wildman–Crippen MR) is 101 cm³/mol. The Bertz CT molecular complexity index is 719. The van der Waals surface area contributed by atoms with Crippen LogP contribution in [-0.2, 0) is 24.2 Å². The van der Waals surface area contributed by atoms with Crippen molar-refractivity contribution in [2.75, 3.05) is 20.6 Å². The molecule has 0 saturated carbocycles. The van der Waals surface area contributed by atoms with Crippen LogP contribution in [0, 0.1) is 0 Å². The van der Waals surface area contributed by atoms with E-state index in [0.717, 1.165) is 30.0 Å². The Balaban J connectivity index is 1.48. The zero-order chi connectivity index (χ0) is 19.2. The normalized spacial score (nSPS) is 23.0. The highest BCUT2D eigenvalue weighted by Gasteiger charge is 2.30. The van der Waals surface area contributed by atoms with Gasteiger partial charge in [0.05, 0.1) is 30.6 Å². The van der Waals surface area contributed by atoms with Crippen molar-refractivity contribution < 1.29 is 19.5 Å². The standard InChI is InChI=1S/C20H29N3O4/c1-23(2)13-17-10-15(22-27-17)9-16-7-8-19(25)20(26-16)12-21-11-14-5-3-4-6-18(14)24/h3-6,10,16,19-21,24-25H,7-9,11-13H2,1-2H3/t16-,19-,20+/m0/s1. The number of ether oxygens (including phenoxy) is 1. The summed E-state index contributed by atoms with van der Waals surface area (Å²) in [5.41, 5.74) is 1.71. The molecule has 0 bridgehead atoms. The van der Waals surface area contributed by atoms with Crippen LogP contribution in [-0.4, -0.2) is 59.2 Å². The van der Waals surface area contributed by atoms with Gasteiger partial charge >= 0.3 is 0 Å². The van der Waals surface area contributed by atoms with Gasteiger partial charge in [-0.25, -0.2) is 0 Å². The molecular weight excluding hydrogens is 346 g/mol. The van der Waals surface area contributed by atoms with E-state index in [1.165, 1.54) is 0 Å². The molecule has 1 aliphatic rings. The number of aromatic hydroxyl groups is 1. The highest BCUT2D eigenvalue weighted by atomic mass is 16.5. The van der Waals surface area contributed by atoms with Crippen molar-refractivity contribution in [3.8, 4) is 5.75 Å². The third-order valence-corrected chi connectivity index (χ3v) is 4.75. The summed E-state index contributed by atoms with van der Waals surface area (Å²) in [6.07, 6.45) is 1.44. The van der Waals surface area contributed by atoms with Crippen LogP contribution in [0.4, 0.5) is 0 Å². The van der Waals surface area contributed by atoms with Crippen LogP contribution < -0.4 is 5.32 Å². The molecular formula is C20H29N3O4. The first-order chi connectivity index (χ1) is 13.0. The van der Waals surface area contributed by atoms with Gasteiger partial charge in [0, 0.05) is 31.1 Å². The molecule has 0 spiro atoms. The minimum absolute atomic E-state index is 0.0163. The molecule has 0 amide bonds. The lowest BCUT2D eigenvalue weighted by atomic mass is 9.98. The van der Waals surface area contributed by atoms with Gasteiger partial charge in [0.1, 0.15) is 5.75 Å². The molecule has 0 unspecified atom stereocenters. The third-order valence-electron chi connectivity index (χ3n) is 4.75. The maximum atomic E-state index is 10.3. The highest BCUT2D eigenvalue weighted by Crippen LogP contribution is 2.23. The van der Waals surface area contributed by atoms with Crippen LogP contribution in [0.3, 0.4) is 0 Å². The van der Waals surface area contributed by atoms with Crippen molar-refractivity contribution in [2.45, 2.75) is 50.7 Å². The Kier molecular flexibility index (Phi) is 6.84. The fourth-order valence-electron chi connectivity index (χ4n) is 3.36. The zero-order valence-electron chi connectivity index (χ0n) is 16.0. The van der Waals surface area contributed by atoms with Gasteiger partial charge in [0.15, 0.2) is 5.76 Å². The Morgan fingerprint density at radius 3 is 2.85 bits per heavy atom. The molecule has 7 nitrogen and oxygen atoms in total. The molecule has 3 N–H and O–H groups in total. The summed E-state index contributed by atoms with van der Waals surface area (Å²) in [7, 11) is 3.97. The summed E-state index contributed by atoms with van der Waals surface area (Å²) in [6.45, 7) is 1.77. The predicted octanol–water partition coefficient (Wildman–Crippen LogP) is 1.68. The molecule has 1 saturated heterocycles. The van der Waals surface area contributed by atoms with Crippen molar-refractivity contribution >= 4 is 0 Å². The summed E-state index contributed by atoms with van der Waals surface area (Å²) < 4.78 is 11.5. The molecule has 0 aliphatic carbocycles. The van der Waals surface area contributed by atoms with E-state index in [0.29, 0.717) is 25.9 Å². The van der Waals surface area contributed by atoms with Crippen molar-refractivity contribution in [2.24, 2.45) is 0 Å². The first-order valence-electron chi connectivity index (χ1n) is 9.41. The molecule has 1 aromatic heterocycles. The number of benzene rings is 1. The number of nitrogens with one attached hydrogen (secondary N) is 1. The van der Waals surface area contributed by atoms with Crippen LogP contribution in [0.1, 0.15) is 29.9 Å². The molecule has 2 heterocycles. The van der Waals surface area contributed by atoms with Gasteiger partial charge in [0.25, 0.3) is 0 Å². The second-order valence-electron chi connectivity index (χ2n) is 7.43. The quantitative estimate of drug-likeness (QED) is 0.647. The van der Waals surface area contributed by atoms with E-state index in [2.05, 4.69) is 10.5 Å². The van der Waals surface area contributed by atoms with Crippen molar-refractivity contribution in [3.05, 3.63) is 47.3 Å². The fourth-order valence-corrected chi connectivity index (χ4v) is 3.36. The minimum atomic E-state index is -0.486. The van der Waals surface area contributed by atoms with E-state index in [1.807, 2.05) is 37.2 Å². The number of hydrogen-bond donors (Lipinski definition) is 3. The Morgan fingerprint density at radius 2 is 2.07 bits per heavy atom. The summed E-state index contributed by atoms with van der Waals surface area (Å²) in [5, 5.41) is 27.5. The first-order valence-corrected chi connectivity index (χ1v) is 9.41. The van der Waals surface area contributed by atoms with Gasteiger partial charge in [-0.2, -0.15) is 0 Å². The molecule has 7 heteroatoms. The number of nitrogens with zero attached hydrogens (tertiary/aromatic N) is 2. The van der Waals surface area contributed by atoms with Gasteiger partial charge in [-0.05, 0) is 33.0 Å². The van der Waals surface area contributed by atoms with E-state index >= 15 is 0 Å². The number of rotatable bonds is 8. The molecule has 0 radical (unpaired) electrons. The van der Waals surface area contributed by atoms with E-state index in [4.69, 9.17) is 9.26 Å². The number of aliphatic hydroxyl groups excluding tert-OH is 1.